The van der Waals surface area contributed by atoms with Crippen molar-refractivity contribution < 1.29 is 14.3 Å². The van der Waals surface area contributed by atoms with E-state index in [1.54, 1.807) is 0 Å². The van der Waals surface area contributed by atoms with Crippen molar-refractivity contribution in [1.82, 2.24) is 10.2 Å². The highest BCUT2D eigenvalue weighted by Gasteiger charge is 2.32. The molecule has 1 atom stereocenters. The first-order chi connectivity index (χ1) is 9.60. The molecular weight excluding hydrogens is 300 g/mol. The molecule has 1 amide bonds. The molecule has 5 nitrogen and oxygen atoms in total. The van der Waals surface area contributed by atoms with Crippen molar-refractivity contribution >= 4 is 34.8 Å². The zero-order valence-corrected chi connectivity index (χ0v) is 12.8. The molecular formula is C13H17ClN2O3S. The van der Waals surface area contributed by atoms with Gasteiger partial charge in [0.05, 0.1) is 24.5 Å². The van der Waals surface area contributed by atoms with Crippen LogP contribution in [0, 0.1) is 0 Å². The predicted octanol–water partition coefficient (Wildman–Crippen LogP) is 1.66. The lowest BCUT2D eigenvalue weighted by Crippen LogP contribution is -2.43. The number of hydrogen-bond acceptors (Lipinski definition) is 5. The van der Waals surface area contributed by atoms with Crippen molar-refractivity contribution in [3.05, 3.63) is 21.3 Å². The van der Waals surface area contributed by atoms with Crippen LogP contribution in [0.25, 0.3) is 0 Å². The molecule has 0 bridgehead atoms. The van der Waals surface area contributed by atoms with E-state index >= 15 is 0 Å². The molecule has 0 saturated carbocycles. The third-order valence-electron chi connectivity index (χ3n) is 3.27. The van der Waals surface area contributed by atoms with Crippen LogP contribution in [0.1, 0.15) is 17.7 Å². The number of methoxy groups -OCH3 is 1. The summed E-state index contributed by atoms with van der Waals surface area (Å²) in [5, 5.41) is 2.84. The van der Waals surface area contributed by atoms with Crippen molar-refractivity contribution in [3.63, 3.8) is 0 Å². The molecule has 1 aromatic heterocycles. The standard InChI is InChI=1S/C13H17ClN2O3S/c1-19-13(18)10-3-2-6-16(10)8-12(17)15-7-9-4-5-11(14)20-9/h4-5,10H,2-3,6-8H2,1H3,(H,15,17)/t10-/m0/s1. The summed E-state index contributed by atoms with van der Waals surface area (Å²) in [5.41, 5.74) is 0. The van der Waals surface area contributed by atoms with Gasteiger partial charge in [-0.3, -0.25) is 14.5 Å². The highest BCUT2D eigenvalue weighted by molar-refractivity contribution is 7.16. The summed E-state index contributed by atoms with van der Waals surface area (Å²) in [6, 6.07) is 3.41. The van der Waals surface area contributed by atoms with Crippen molar-refractivity contribution in [2.24, 2.45) is 0 Å². The van der Waals surface area contributed by atoms with Gasteiger partial charge in [-0.1, -0.05) is 11.6 Å². The van der Waals surface area contributed by atoms with E-state index in [1.807, 2.05) is 17.0 Å². The molecule has 0 spiro atoms. The van der Waals surface area contributed by atoms with Crippen molar-refractivity contribution in [2.75, 3.05) is 20.2 Å². The lowest BCUT2D eigenvalue weighted by atomic mass is 10.2. The number of nitrogens with one attached hydrogen (secondary N) is 1. The van der Waals surface area contributed by atoms with E-state index in [0.29, 0.717) is 10.9 Å². The number of amides is 1. The van der Waals surface area contributed by atoms with Gasteiger partial charge in [-0.2, -0.15) is 0 Å². The number of halogens is 1. The summed E-state index contributed by atoms with van der Waals surface area (Å²) in [7, 11) is 1.37. The minimum Gasteiger partial charge on any atom is -0.468 e. The fourth-order valence-electron chi connectivity index (χ4n) is 2.29. The summed E-state index contributed by atoms with van der Waals surface area (Å²) in [6.45, 7) is 1.43. The van der Waals surface area contributed by atoms with Gasteiger partial charge in [0, 0.05) is 4.88 Å². The molecule has 1 fully saturated rings. The third-order valence-corrected chi connectivity index (χ3v) is 4.50. The van der Waals surface area contributed by atoms with Gasteiger partial charge in [0.15, 0.2) is 0 Å². The Balaban J connectivity index is 1.80. The van der Waals surface area contributed by atoms with Gasteiger partial charge in [0.2, 0.25) is 5.91 Å². The average molecular weight is 317 g/mol. The van der Waals surface area contributed by atoms with E-state index in [2.05, 4.69) is 5.32 Å². The quantitative estimate of drug-likeness (QED) is 0.839. The van der Waals surface area contributed by atoms with Crippen molar-refractivity contribution in [3.8, 4) is 0 Å². The van der Waals surface area contributed by atoms with Crippen LogP contribution in [0.3, 0.4) is 0 Å². The molecule has 0 aromatic carbocycles. The second kappa shape index (κ2) is 7.06. The van der Waals surface area contributed by atoms with Gasteiger partial charge in [0.1, 0.15) is 6.04 Å². The van der Waals surface area contributed by atoms with Gasteiger partial charge in [-0.05, 0) is 31.5 Å². The molecule has 1 aliphatic rings. The number of thiophene rings is 1. The van der Waals surface area contributed by atoms with Gasteiger partial charge in [0.25, 0.3) is 0 Å². The lowest BCUT2D eigenvalue weighted by Gasteiger charge is -2.21. The molecule has 0 aliphatic carbocycles. The molecule has 0 radical (unpaired) electrons. The van der Waals surface area contributed by atoms with Crippen LogP contribution in [-0.4, -0.2) is 43.0 Å². The SMILES string of the molecule is COC(=O)[C@@H]1CCCN1CC(=O)NCc1ccc(Cl)s1. The van der Waals surface area contributed by atoms with E-state index in [-0.39, 0.29) is 24.5 Å². The van der Waals surface area contributed by atoms with Gasteiger partial charge < -0.3 is 10.1 Å². The summed E-state index contributed by atoms with van der Waals surface area (Å²) < 4.78 is 5.46. The fourth-order valence-corrected chi connectivity index (χ4v) is 3.32. The third kappa shape index (κ3) is 3.94. The molecule has 1 aromatic rings. The van der Waals surface area contributed by atoms with E-state index in [0.717, 1.165) is 24.3 Å². The Morgan fingerprint density at radius 3 is 3.00 bits per heavy atom. The molecule has 20 heavy (non-hydrogen) atoms. The van der Waals surface area contributed by atoms with Crippen LogP contribution >= 0.6 is 22.9 Å². The Kier molecular flexibility index (Phi) is 5.39. The van der Waals surface area contributed by atoms with Gasteiger partial charge in [-0.25, -0.2) is 0 Å². The largest absolute Gasteiger partial charge is 0.468 e. The minimum atomic E-state index is -0.290. The fraction of sp³-hybridized carbons (Fsp3) is 0.538. The van der Waals surface area contributed by atoms with E-state index < -0.39 is 0 Å². The van der Waals surface area contributed by atoms with Crippen LogP contribution in [0.4, 0.5) is 0 Å². The number of likely N-dealkylation sites (tertiary alicyclic amines) is 1. The van der Waals surface area contributed by atoms with Crippen molar-refractivity contribution in [1.29, 1.82) is 0 Å². The first-order valence-electron chi connectivity index (χ1n) is 6.43. The van der Waals surface area contributed by atoms with E-state index in [1.165, 1.54) is 18.4 Å². The number of carbonyl (C=O) groups excluding carboxylic acids is 2. The Bertz CT molecular complexity index is 492. The van der Waals surface area contributed by atoms with Crippen LogP contribution in [0.5, 0.6) is 0 Å². The summed E-state index contributed by atoms with van der Waals surface area (Å²) >= 11 is 7.27. The molecule has 1 N–H and O–H groups in total. The first kappa shape index (κ1) is 15.3. The molecule has 2 heterocycles. The molecule has 1 aliphatic heterocycles. The van der Waals surface area contributed by atoms with Gasteiger partial charge >= 0.3 is 5.97 Å². The normalized spacial score (nSPS) is 19.0. The number of esters is 1. The second-order valence-corrected chi connectivity index (χ2v) is 6.43. The van der Waals surface area contributed by atoms with Crippen molar-refractivity contribution in [2.45, 2.75) is 25.4 Å². The summed E-state index contributed by atoms with van der Waals surface area (Å²) in [6.07, 6.45) is 1.66. The lowest BCUT2D eigenvalue weighted by molar-refractivity contribution is -0.146. The number of nitrogens with zero attached hydrogens (tertiary/aromatic N) is 1. The van der Waals surface area contributed by atoms with E-state index in [9.17, 15) is 9.59 Å². The summed E-state index contributed by atoms with van der Waals surface area (Å²) in [4.78, 5) is 26.4. The Hall–Kier alpha value is -1.11. The Morgan fingerprint density at radius 1 is 1.55 bits per heavy atom. The molecule has 0 unspecified atom stereocenters. The number of hydrogen-bond donors (Lipinski definition) is 1. The summed E-state index contributed by atoms with van der Waals surface area (Å²) in [5.74, 6) is -0.356. The van der Waals surface area contributed by atoms with E-state index in [4.69, 9.17) is 16.3 Å². The maximum atomic E-state index is 11.9. The molecule has 7 heteroatoms. The molecule has 110 valence electrons. The number of rotatable bonds is 5. The van der Waals surface area contributed by atoms with Gasteiger partial charge in [-0.15, -0.1) is 11.3 Å². The van der Waals surface area contributed by atoms with Crippen LogP contribution in [-0.2, 0) is 20.9 Å². The Morgan fingerprint density at radius 2 is 2.35 bits per heavy atom. The Labute approximate surface area is 126 Å². The highest BCUT2D eigenvalue weighted by Crippen LogP contribution is 2.21. The highest BCUT2D eigenvalue weighted by atomic mass is 35.5. The monoisotopic (exact) mass is 316 g/mol. The van der Waals surface area contributed by atoms with Crippen LogP contribution in [0.2, 0.25) is 4.34 Å². The predicted molar refractivity (Wildman–Crippen MR) is 77.8 cm³/mol. The average Bonchev–Trinajstić information content (AvgIpc) is 3.04. The van der Waals surface area contributed by atoms with Crippen LogP contribution < -0.4 is 5.32 Å². The molecule has 1 saturated heterocycles. The van der Waals surface area contributed by atoms with Crippen LogP contribution in [0.15, 0.2) is 12.1 Å². The first-order valence-corrected chi connectivity index (χ1v) is 7.62. The smallest absolute Gasteiger partial charge is 0.323 e. The minimum absolute atomic E-state index is 0.0923. The maximum absolute atomic E-state index is 11.9. The number of carbonyl (C=O) groups is 2. The zero-order chi connectivity index (χ0) is 14.5. The number of ether oxygens (including phenoxy) is 1. The topological polar surface area (TPSA) is 58.6 Å². The molecule has 2 rings (SSSR count). The zero-order valence-electron chi connectivity index (χ0n) is 11.2. The second-order valence-electron chi connectivity index (χ2n) is 4.63. The maximum Gasteiger partial charge on any atom is 0.323 e.